The summed E-state index contributed by atoms with van der Waals surface area (Å²) >= 11 is 0. The topological polar surface area (TPSA) is 51.0 Å². The highest BCUT2D eigenvalue weighted by molar-refractivity contribution is 5.18. The van der Waals surface area contributed by atoms with E-state index in [1.54, 1.807) is 0 Å². The molecule has 0 saturated carbocycles. The quantitative estimate of drug-likeness (QED) is 0.859. The highest BCUT2D eigenvalue weighted by Gasteiger charge is 2.04. The van der Waals surface area contributed by atoms with Crippen LogP contribution in [0.4, 0.5) is 8.78 Å². The molecule has 1 N–H and O–H groups in total. The summed E-state index contributed by atoms with van der Waals surface area (Å²) in [4.78, 5) is 3.79. The molecule has 0 saturated heterocycles. The van der Waals surface area contributed by atoms with Crippen LogP contribution in [-0.4, -0.2) is 10.1 Å². The van der Waals surface area contributed by atoms with Gasteiger partial charge in [0.1, 0.15) is 11.6 Å². The molecule has 0 amide bonds. The third kappa shape index (κ3) is 2.60. The molecule has 0 atom stereocenters. The Morgan fingerprint density at radius 2 is 2.12 bits per heavy atom. The predicted octanol–water partition coefficient (Wildman–Crippen LogP) is 1.64. The Bertz CT molecular complexity index is 459. The largest absolute Gasteiger partial charge is 0.343 e. The zero-order valence-corrected chi connectivity index (χ0v) is 8.28. The van der Waals surface area contributed by atoms with Crippen molar-refractivity contribution in [3.8, 4) is 0 Å². The average molecular weight is 225 g/mol. The van der Waals surface area contributed by atoms with Crippen molar-refractivity contribution in [2.24, 2.45) is 0 Å². The van der Waals surface area contributed by atoms with Crippen LogP contribution in [0.5, 0.6) is 0 Å². The second kappa shape index (κ2) is 4.80. The molecule has 16 heavy (non-hydrogen) atoms. The Morgan fingerprint density at radius 1 is 1.25 bits per heavy atom. The maximum Gasteiger partial charge on any atom is 0.213 e. The van der Waals surface area contributed by atoms with Crippen LogP contribution in [-0.2, 0) is 13.1 Å². The van der Waals surface area contributed by atoms with Gasteiger partial charge in [0.15, 0.2) is 5.82 Å². The van der Waals surface area contributed by atoms with Gasteiger partial charge < -0.3 is 9.84 Å². The van der Waals surface area contributed by atoms with Crippen LogP contribution >= 0.6 is 0 Å². The molecular formula is C10H9F2N3O. The first-order valence-corrected chi connectivity index (χ1v) is 4.65. The van der Waals surface area contributed by atoms with E-state index in [-0.39, 0.29) is 6.54 Å². The predicted molar refractivity (Wildman–Crippen MR) is 51.2 cm³/mol. The van der Waals surface area contributed by atoms with Gasteiger partial charge in [-0.2, -0.15) is 4.98 Å². The van der Waals surface area contributed by atoms with E-state index < -0.39 is 11.6 Å². The van der Waals surface area contributed by atoms with Crippen LogP contribution in [0.3, 0.4) is 0 Å². The minimum Gasteiger partial charge on any atom is -0.343 e. The first kappa shape index (κ1) is 10.7. The monoisotopic (exact) mass is 225 g/mol. The van der Waals surface area contributed by atoms with Gasteiger partial charge >= 0.3 is 0 Å². The highest BCUT2D eigenvalue weighted by Crippen LogP contribution is 2.09. The number of hydrogen-bond donors (Lipinski definition) is 1. The lowest BCUT2D eigenvalue weighted by molar-refractivity contribution is 0.407. The maximum absolute atomic E-state index is 13.2. The number of hydrogen-bond acceptors (Lipinski definition) is 4. The second-order valence-corrected chi connectivity index (χ2v) is 3.19. The van der Waals surface area contributed by atoms with E-state index >= 15 is 0 Å². The van der Waals surface area contributed by atoms with Crippen LogP contribution in [0.1, 0.15) is 11.4 Å². The normalized spacial score (nSPS) is 10.6. The van der Waals surface area contributed by atoms with Crippen molar-refractivity contribution in [3.63, 3.8) is 0 Å². The maximum atomic E-state index is 13.2. The molecule has 0 aliphatic carbocycles. The van der Waals surface area contributed by atoms with E-state index in [1.807, 2.05) is 0 Å². The first-order valence-electron chi connectivity index (χ1n) is 4.65. The molecule has 0 radical (unpaired) electrons. The van der Waals surface area contributed by atoms with Crippen molar-refractivity contribution < 1.29 is 13.3 Å². The van der Waals surface area contributed by atoms with Crippen molar-refractivity contribution in [1.82, 2.24) is 15.5 Å². The lowest BCUT2D eigenvalue weighted by atomic mass is 10.2. The molecule has 0 aliphatic rings. The molecule has 4 nitrogen and oxygen atoms in total. The number of halogens is 2. The molecule has 1 heterocycles. The van der Waals surface area contributed by atoms with Crippen molar-refractivity contribution in [3.05, 3.63) is 47.6 Å². The third-order valence-corrected chi connectivity index (χ3v) is 2.02. The minimum absolute atomic E-state index is 0.278. The molecule has 0 unspecified atom stereocenters. The Morgan fingerprint density at radius 3 is 2.81 bits per heavy atom. The molecule has 0 aliphatic heterocycles. The molecule has 1 aromatic heterocycles. The minimum atomic E-state index is -0.584. The number of aromatic nitrogens is 2. The summed E-state index contributed by atoms with van der Waals surface area (Å²) in [6.07, 6.45) is 1.22. The summed E-state index contributed by atoms with van der Waals surface area (Å²) in [6.45, 7) is 0.647. The highest BCUT2D eigenvalue weighted by atomic mass is 19.1. The Balaban J connectivity index is 1.90. The van der Waals surface area contributed by atoms with Gasteiger partial charge in [-0.1, -0.05) is 11.2 Å². The molecule has 0 fully saturated rings. The molecule has 1 aromatic carbocycles. The number of nitrogens with zero attached hydrogens (tertiary/aromatic N) is 2. The van der Waals surface area contributed by atoms with Gasteiger partial charge in [-0.3, -0.25) is 0 Å². The van der Waals surface area contributed by atoms with Crippen LogP contribution in [0.25, 0.3) is 0 Å². The van der Waals surface area contributed by atoms with E-state index in [2.05, 4.69) is 20.0 Å². The Labute approximate surface area is 90.3 Å². The average Bonchev–Trinajstić information content (AvgIpc) is 2.74. The molecule has 0 spiro atoms. The van der Waals surface area contributed by atoms with Crippen molar-refractivity contribution in [2.45, 2.75) is 13.1 Å². The summed E-state index contributed by atoms with van der Waals surface area (Å²) in [5.41, 5.74) is 0.393. The van der Waals surface area contributed by atoms with Crippen LogP contribution < -0.4 is 5.32 Å². The standard InChI is InChI=1S/C10H9F2N3O/c11-8-2-1-7(9(12)3-8)4-13-5-10-14-6-16-15-10/h1-3,6,13H,4-5H2. The van der Waals surface area contributed by atoms with E-state index in [9.17, 15) is 8.78 Å². The van der Waals surface area contributed by atoms with Crippen molar-refractivity contribution in [2.75, 3.05) is 0 Å². The summed E-state index contributed by atoms with van der Waals surface area (Å²) in [6, 6.07) is 3.47. The van der Waals surface area contributed by atoms with Crippen molar-refractivity contribution in [1.29, 1.82) is 0 Å². The van der Waals surface area contributed by atoms with Gasteiger partial charge in [0, 0.05) is 18.2 Å². The smallest absolute Gasteiger partial charge is 0.213 e. The van der Waals surface area contributed by atoms with Gasteiger partial charge in [-0.05, 0) is 6.07 Å². The van der Waals surface area contributed by atoms with Gasteiger partial charge in [0.05, 0.1) is 6.54 Å². The Hall–Kier alpha value is -1.82. The SMILES string of the molecule is Fc1ccc(CNCc2ncon2)c(F)c1. The van der Waals surface area contributed by atoms with E-state index in [4.69, 9.17) is 0 Å². The summed E-state index contributed by atoms with van der Waals surface area (Å²) < 4.78 is 30.3. The summed E-state index contributed by atoms with van der Waals surface area (Å²) in [5, 5.41) is 6.50. The number of nitrogens with one attached hydrogen (secondary N) is 1. The molecule has 6 heteroatoms. The summed E-state index contributed by atoms with van der Waals surface area (Å²) in [7, 11) is 0. The van der Waals surface area contributed by atoms with Gasteiger partial charge in [0.25, 0.3) is 0 Å². The fourth-order valence-corrected chi connectivity index (χ4v) is 1.24. The summed E-state index contributed by atoms with van der Waals surface area (Å²) in [5.74, 6) is -0.664. The molecule has 84 valence electrons. The number of rotatable bonds is 4. The van der Waals surface area contributed by atoms with Crippen molar-refractivity contribution >= 4 is 0 Å². The first-order chi connectivity index (χ1) is 7.75. The van der Waals surface area contributed by atoms with Gasteiger partial charge in [-0.25, -0.2) is 8.78 Å². The van der Waals surface area contributed by atoms with Crippen LogP contribution in [0.15, 0.2) is 29.1 Å². The lowest BCUT2D eigenvalue weighted by Gasteiger charge is -2.03. The number of benzene rings is 1. The van der Waals surface area contributed by atoms with E-state index in [0.717, 1.165) is 6.07 Å². The van der Waals surface area contributed by atoms with Gasteiger partial charge in [-0.15, -0.1) is 0 Å². The molecular weight excluding hydrogens is 216 g/mol. The molecule has 2 rings (SSSR count). The zero-order chi connectivity index (χ0) is 11.4. The second-order valence-electron chi connectivity index (χ2n) is 3.19. The fourth-order valence-electron chi connectivity index (χ4n) is 1.24. The van der Waals surface area contributed by atoms with E-state index in [1.165, 1.54) is 18.5 Å². The lowest BCUT2D eigenvalue weighted by Crippen LogP contribution is -2.14. The van der Waals surface area contributed by atoms with Gasteiger partial charge in [0.2, 0.25) is 6.39 Å². The third-order valence-electron chi connectivity index (χ3n) is 2.02. The molecule has 0 bridgehead atoms. The molecule has 2 aromatic rings. The van der Waals surface area contributed by atoms with E-state index in [0.29, 0.717) is 17.9 Å². The zero-order valence-electron chi connectivity index (χ0n) is 8.28. The van der Waals surface area contributed by atoms with Crippen LogP contribution in [0, 0.1) is 11.6 Å². The Kier molecular flexibility index (Phi) is 3.21. The van der Waals surface area contributed by atoms with Crippen LogP contribution in [0.2, 0.25) is 0 Å². The fraction of sp³-hybridized carbons (Fsp3) is 0.200.